The molecule has 1 aromatic heterocycles. The first-order valence-corrected chi connectivity index (χ1v) is 2.72. The van der Waals surface area contributed by atoms with Crippen molar-refractivity contribution in [2.75, 3.05) is 0 Å². The summed E-state index contributed by atoms with van der Waals surface area (Å²) in [6, 6.07) is 3.29. The molecule has 0 amide bonds. The van der Waals surface area contributed by atoms with Crippen LogP contribution in [-0.2, 0) is 0 Å². The van der Waals surface area contributed by atoms with Gasteiger partial charge >= 0.3 is 68.9 Å². The summed E-state index contributed by atoms with van der Waals surface area (Å²) in [5.74, 6) is -0.203. The summed E-state index contributed by atoms with van der Waals surface area (Å²) in [7, 11) is 0. The van der Waals surface area contributed by atoms with Crippen molar-refractivity contribution >= 4 is 5.95 Å². The van der Waals surface area contributed by atoms with Crippen molar-refractivity contribution in [2.45, 2.75) is 0 Å². The quantitative estimate of drug-likeness (QED) is 0.328. The van der Waals surface area contributed by atoms with Gasteiger partial charge in [-0.05, 0) is 0 Å². The third-order valence-electron chi connectivity index (χ3n) is 0.994. The van der Waals surface area contributed by atoms with Gasteiger partial charge in [0.05, 0.1) is 11.4 Å². The van der Waals surface area contributed by atoms with E-state index in [1.54, 1.807) is 12.1 Å². The number of imidazole rings is 1. The Morgan fingerprint density at radius 1 is 1.46 bits per heavy atom. The van der Waals surface area contributed by atoms with Crippen LogP contribution < -0.4 is 73.9 Å². The Hall–Kier alpha value is -0.448. The standard InChI is InChI=1S/C5N7.Cs/c6-1-3-4(2-7)10-5(9-3)11-12-8;/q-1;+1. The molecule has 56 valence electrons. The number of nitriles is 2. The molecule has 0 aliphatic rings. The molecule has 0 radical (unpaired) electrons. The van der Waals surface area contributed by atoms with E-state index < -0.39 is 0 Å². The molecule has 7 nitrogen and oxygen atoms in total. The summed E-state index contributed by atoms with van der Waals surface area (Å²) in [6.45, 7) is 0. The van der Waals surface area contributed by atoms with Crippen LogP contribution in [0.4, 0.5) is 5.95 Å². The molecule has 0 spiro atoms. The smallest absolute Gasteiger partial charge is 0.342 e. The minimum atomic E-state index is -0.203. The first-order chi connectivity index (χ1) is 5.81. The normalized spacial score (nSPS) is 7.23. The SMILES string of the molecule is N#Cc1nc(N=[N+]=[N-])[n-]c1C#N.[Cs+]. The Balaban J connectivity index is 0.00000144. The Bertz CT molecular complexity index is 395. The molecule has 1 aromatic rings. The Morgan fingerprint density at radius 3 is 2.54 bits per heavy atom. The van der Waals surface area contributed by atoms with Gasteiger partial charge in [-0.2, -0.15) is 10.5 Å². The maximum atomic E-state index is 8.39. The minimum Gasteiger partial charge on any atom is -0.342 e. The van der Waals surface area contributed by atoms with Crippen LogP contribution in [0.1, 0.15) is 11.4 Å². The molecule has 0 saturated heterocycles. The van der Waals surface area contributed by atoms with Gasteiger partial charge in [-0.15, -0.1) is 0 Å². The molecule has 0 atom stereocenters. The van der Waals surface area contributed by atoms with Crippen LogP contribution >= 0.6 is 0 Å². The van der Waals surface area contributed by atoms with E-state index in [9.17, 15) is 0 Å². The second-order valence-corrected chi connectivity index (χ2v) is 1.63. The van der Waals surface area contributed by atoms with Crippen molar-refractivity contribution in [3.05, 3.63) is 21.8 Å². The summed E-state index contributed by atoms with van der Waals surface area (Å²) in [5, 5.41) is 19.8. The molecule has 0 N–H and O–H groups in total. The molecule has 1 heterocycles. The minimum absolute atomic E-state index is 0. The predicted molar refractivity (Wildman–Crippen MR) is 35.8 cm³/mol. The number of rotatable bonds is 1. The summed E-state index contributed by atoms with van der Waals surface area (Å²) in [5.41, 5.74) is 7.73. The number of azide groups is 1. The maximum absolute atomic E-state index is 8.39. The van der Waals surface area contributed by atoms with Crippen LogP contribution in [0.3, 0.4) is 0 Å². The monoisotopic (exact) mass is 291 g/mol. The second kappa shape index (κ2) is 6.07. The van der Waals surface area contributed by atoms with Crippen molar-refractivity contribution in [1.82, 2.24) is 9.97 Å². The molecular formula is C5CsN7. The number of aromatic nitrogens is 2. The summed E-state index contributed by atoms with van der Waals surface area (Å²) >= 11 is 0. The van der Waals surface area contributed by atoms with Crippen molar-refractivity contribution < 1.29 is 68.9 Å². The van der Waals surface area contributed by atoms with Gasteiger partial charge in [0.2, 0.25) is 0 Å². The molecule has 0 unspecified atom stereocenters. The Labute approximate surface area is 132 Å². The fourth-order valence-electron chi connectivity index (χ4n) is 0.572. The topological polar surface area (TPSA) is 123 Å². The third kappa shape index (κ3) is 3.06. The average molecular weight is 291 g/mol. The summed E-state index contributed by atoms with van der Waals surface area (Å²) < 4.78 is 0. The fraction of sp³-hybridized carbons (Fsp3) is 0. The molecule has 0 saturated carbocycles. The van der Waals surface area contributed by atoms with Gasteiger partial charge in [-0.1, -0.05) is 0 Å². The first-order valence-electron chi connectivity index (χ1n) is 2.72. The zero-order valence-corrected chi connectivity index (χ0v) is 12.9. The molecule has 0 aliphatic carbocycles. The molecular weight excluding hydrogens is 291 g/mol. The van der Waals surface area contributed by atoms with Crippen LogP contribution in [0.25, 0.3) is 10.4 Å². The van der Waals surface area contributed by atoms with Crippen LogP contribution in [0.2, 0.25) is 0 Å². The van der Waals surface area contributed by atoms with E-state index in [4.69, 9.17) is 16.1 Å². The van der Waals surface area contributed by atoms with Gasteiger partial charge in [-0.3, -0.25) is 0 Å². The first kappa shape index (κ1) is 12.6. The van der Waals surface area contributed by atoms with Crippen LogP contribution in [0, 0.1) is 22.7 Å². The zero-order chi connectivity index (χ0) is 8.97. The van der Waals surface area contributed by atoms with Gasteiger partial charge < -0.3 is 9.97 Å². The third-order valence-corrected chi connectivity index (χ3v) is 0.994. The van der Waals surface area contributed by atoms with E-state index in [-0.39, 0.29) is 86.2 Å². The molecule has 8 heteroatoms. The molecule has 0 bridgehead atoms. The summed E-state index contributed by atoms with van der Waals surface area (Å²) in [4.78, 5) is 9.36. The molecule has 0 fully saturated rings. The molecule has 0 aromatic carbocycles. The maximum Gasteiger partial charge on any atom is 1.00 e. The Morgan fingerprint density at radius 2 is 2.15 bits per heavy atom. The molecule has 0 aliphatic heterocycles. The van der Waals surface area contributed by atoms with Gasteiger partial charge in [0.25, 0.3) is 0 Å². The van der Waals surface area contributed by atoms with Crippen molar-refractivity contribution in [2.24, 2.45) is 5.11 Å². The Kier molecular flexibility index (Phi) is 5.86. The summed E-state index contributed by atoms with van der Waals surface area (Å²) in [6.07, 6.45) is 0. The molecule has 1 rings (SSSR count). The average Bonchev–Trinajstić information content (AvgIpc) is 2.48. The predicted octanol–water partition coefficient (Wildman–Crippen LogP) is -2.27. The molecule has 13 heavy (non-hydrogen) atoms. The van der Waals surface area contributed by atoms with Crippen LogP contribution in [0.15, 0.2) is 5.11 Å². The van der Waals surface area contributed by atoms with E-state index in [2.05, 4.69) is 20.0 Å². The second-order valence-electron chi connectivity index (χ2n) is 1.63. The van der Waals surface area contributed by atoms with Crippen LogP contribution in [-0.4, -0.2) is 4.98 Å². The fourth-order valence-corrected chi connectivity index (χ4v) is 0.572. The van der Waals surface area contributed by atoms with Crippen molar-refractivity contribution in [3.63, 3.8) is 0 Å². The number of hydrogen-bond acceptors (Lipinski definition) is 4. The van der Waals surface area contributed by atoms with Crippen molar-refractivity contribution in [1.29, 1.82) is 10.5 Å². The van der Waals surface area contributed by atoms with E-state index >= 15 is 0 Å². The van der Waals surface area contributed by atoms with Gasteiger partial charge in [0.15, 0.2) is 0 Å². The number of hydrogen-bond donors (Lipinski definition) is 0. The van der Waals surface area contributed by atoms with E-state index in [0.29, 0.717) is 0 Å². The van der Waals surface area contributed by atoms with Crippen LogP contribution in [0.5, 0.6) is 0 Å². The largest absolute Gasteiger partial charge is 1.00 e. The zero-order valence-electron chi connectivity index (χ0n) is 6.63. The van der Waals surface area contributed by atoms with E-state index in [1.807, 2.05) is 0 Å². The number of nitrogens with zero attached hydrogens (tertiary/aromatic N) is 7. The van der Waals surface area contributed by atoms with Gasteiger partial charge in [-0.25, -0.2) is 0 Å². The van der Waals surface area contributed by atoms with E-state index in [0.717, 1.165) is 0 Å². The van der Waals surface area contributed by atoms with Crippen molar-refractivity contribution in [3.8, 4) is 12.1 Å². The van der Waals surface area contributed by atoms with Gasteiger partial charge in [0.1, 0.15) is 18.1 Å². The van der Waals surface area contributed by atoms with Gasteiger partial charge in [0, 0.05) is 15.6 Å². The van der Waals surface area contributed by atoms with E-state index in [1.165, 1.54) is 0 Å².